The number of fused-ring (bicyclic) bond motifs is 1. The van der Waals surface area contributed by atoms with Gasteiger partial charge in [-0.1, -0.05) is 0 Å². The van der Waals surface area contributed by atoms with Crippen LogP contribution in [-0.2, 0) is 6.54 Å². The van der Waals surface area contributed by atoms with Crippen molar-refractivity contribution in [2.24, 2.45) is 5.73 Å². The molecule has 0 aliphatic rings. The fourth-order valence-corrected chi connectivity index (χ4v) is 3.54. The largest absolute Gasteiger partial charge is 0.475 e. The van der Waals surface area contributed by atoms with Gasteiger partial charge in [0.05, 0.1) is 16.8 Å². The fourth-order valence-electron chi connectivity index (χ4n) is 2.47. The van der Waals surface area contributed by atoms with Crippen molar-refractivity contribution in [2.45, 2.75) is 20.4 Å². The monoisotopic (exact) mass is 347 g/mol. The van der Waals surface area contributed by atoms with Crippen LogP contribution in [0.5, 0.6) is 0 Å². The molecule has 0 radical (unpaired) electrons. The number of aromatic nitrogens is 2. The average molecular weight is 347 g/mol. The highest BCUT2D eigenvalue weighted by molar-refractivity contribution is 7.20. The van der Waals surface area contributed by atoms with Gasteiger partial charge in [-0.05, 0) is 31.5 Å². The molecule has 8 nitrogen and oxygen atoms in total. The number of nitrogens with two attached hydrogens (primary N) is 1. The minimum absolute atomic E-state index is 0.0437. The van der Waals surface area contributed by atoms with Crippen LogP contribution in [0, 0.1) is 13.8 Å². The first-order chi connectivity index (χ1) is 11.3. The molecule has 1 amide bonds. The first-order valence-electron chi connectivity index (χ1n) is 6.92. The summed E-state index contributed by atoms with van der Waals surface area (Å²) in [5.41, 5.74) is 5.50. The minimum Gasteiger partial charge on any atom is -0.475 e. The van der Waals surface area contributed by atoms with Crippen molar-refractivity contribution in [2.75, 3.05) is 0 Å². The number of rotatable bonds is 4. The van der Waals surface area contributed by atoms with Gasteiger partial charge in [0.1, 0.15) is 16.4 Å². The summed E-state index contributed by atoms with van der Waals surface area (Å²) in [4.78, 5) is 40.2. The van der Waals surface area contributed by atoms with E-state index in [-0.39, 0.29) is 17.9 Å². The number of thiophene rings is 1. The molecule has 3 rings (SSSR count). The van der Waals surface area contributed by atoms with E-state index in [1.165, 1.54) is 16.7 Å². The smallest absolute Gasteiger partial charge is 0.371 e. The molecule has 3 aromatic heterocycles. The third-order valence-corrected chi connectivity index (χ3v) is 4.85. The first-order valence-corrected chi connectivity index (χ1v) is 7.73. The quantitative estimate of drug-likeness (QED) is 0.736. The van der Waals surface area contributed by atoms with Crippen LogP contribution in [0.1, 0.15) is 37.4 Å². The van der Waals surface area contributed by atoms with Crippen LogP contribution >= 0.6 is 11.3 Å². The molecule has 0 spiro atoms. The zero-order valence-corrected chi connectivity index (χ0v) is 13.6. The van der Waals surface area contributed by atoms with Gasteiger partial charge in [-0.2, -0.15) is 0 Å². The average Bonchev–Trinajstić information content (AvgIpc) is 3.08. The lowest BCUT2D eigenvalue weighted by atomic mass is 10.2. The van der Waals surface area contributed by atoms with E-state index in [4.69, 9.17) is 15.3 Å². The molecule has 0 aliphatic carbocycles. The second-order valence-electron chi connectivity index (χ2n) is 5.22. The Kier molecular flexibility index (Phi) is 3.72. The predicted octanol–water partition coefficient (Wildman–Crippen LogP) is 1.51. The van der Waals surface area contributed by atoms with E-state index in [1.807, 2.05) is 0 Å². The highest BCUT2D eigenvalue weighted by atomic mass is 32.1. The topological polar surface area (TPSA) is 128 Å². The van der Waals surface area contributed by atoms with Gasteiger partial charge in [-0.15, -0.1) is 11.3 Å². The molecule has 0 unspecified atom stereocenters. The molecule has 0 aliphatic heterocycles. The van der Waals surface area contributed by atoms with Crippen LogP contribution in [-0.4, -0.2) is 26.5 Å². The van der Waals surface area contributed by atoms with E-state index in [2.05, 4.69) is 4.98 Å². The Morgan fingerprint density at radius 2 is 2.08 bits per heavy atom. The van der Waals surface area contributed by atoms with E-state index in [0.717, 1.165) is 11.3 Å². The molecule has 0 fully saturated rings. The van der Waals surface area contributed by atoms with E-state index in [9.17, 15) is 14.4 Å². The summed E-state index contributed by atoms with van der Waals surface area (Å²) in [5.74, 6) is -1.23. The number of furan rings is 1. The van der Waals surface area contributed by atoms with Crippen molar-refractivity contribution in [1.29, 1.82) is 0 Å². The van der Waals surface area contributed by atoms with Gasteiger partial charge in [-0.3, -0.25) is 14.2 Å². The molecule has 0 bridgehead atoms. The van der Waals surface area contributed by atoms with Gasteiger partial charge >= 0.3 is 5.97 Å². The Hall–Kier alpha value is -2.94. The van der Waals surface area contributed by atoms with Crippen LogP contribution in [0.3, 0.4) is 0 Å². The number of nitrogens with zero attached hydrogens (tertiary/aromatic N) is 2. The summed E-state index contributed by atoms with van der Waals surface area (Å²) in [7, 11) is 0. The second kappa shape index (κ2) is 5.60. The number of aryl methyl sites for hydroxylation is 2. The molecular weight excluding hydrogens is 334 g/mol. The summed E-state index contributed by atoms with van der Waals surface area (Å²) < 4.78 is 6.56. The SMILES string of the molecule is Cc1c(C(N)=O)sc2nc(C)n(Cc3ccc(C(=O)O)o3)c(=O)c12. The number of carbonyl (C=O) groups is 2. The van der Waals surface area contributed by atoms with Crippen LogP contribution < -0.4 is 11.3 Å². The fraction of sp³-hybridized carbons (Fsp3) is 0.200. The Bertz CT molecular complexity index is 1040. The zero-order chi connectivity index (χ0) is 17.6. The van der Waals surface area contributed by atoms with Crippen molar-refractivity contribution in [3.63, 3.8) is 0 Å². The summed E-state index contributed by atoms with van der Waals surface area (Å²) in [6, 6.07) is 2.82. The number of carboxylic acid groups (broad SMARTS) is 1. The normalized spacial score (nSPS) is 11.1. The van der Waals surface area contributed by atoms with Gasteiger partial charge < -0.3 is 15.3 Å². The lowest BCUT2D eigenvalue weighted by Crippen LogP contribution is -2.24. The molecule has 3 aromatic rings. The summed E-state index contributed by atoms with van der Waals surface area (Å²) in [5, 5.41) is 9.23. The van der Waals surface area contributed by atoms with Crippen molar-refractivity contribution in [3.8, 4) is 0 Å². The third kappa shape index (κ3) is 2.48. The van der Waals surface area contributed by atoms with E-state index < -0.39 is 11.9 Å². The summed E-state index contributed by atoms with van der Waals surface area (Å²) >= 11 is 1.08. The molecule has 124 valence electrons. The Morgan fingerprint density at radius 3 is 2.67 bits per heavy atom. The zero-order valence-electron chi connectivity index (χ0n) is 12.8. The highest BCUT2D eigenvalue weighted by Crippen LogP contribution is 2.27. The number of carboxylic acids is 1. The molecule has 3 heterocycles. The van der Waals surface area contributed by atoms with E-state index >= 15 is 0 Å². The molecule has 0 aromatic carbocycles. The van der Waals surface area contributed by atoms with E-state index in [1.54, 1.807) is 13.8 Å². The van der Waals surface area contributed by atoms with Crippen molar-refractivity contribution >= 4 is 33.4 Å². The molecule has 9 heteroatoms. The van der Waals surface area contributed by atoms with Gasteiger partial charge in [0.2, 0.25) is 5.76 Å². The summed E-state index contributed by atoms with van der Waals surface area (Å²) in [6.07, 6.45) is 0. The number of primary amides is 1. The van der Waals surface area contributed by atoms with Crippen LogP contribution in [0.15, 0.2) is 21.3 Å². The molecule has 0 saturated carbocycles. The highest BCUT2D eigenvalue weighted by Gasteiger charge is 2.20. The van der Waals surface area contributed by atoms with Crippen molar-refractivity contribution in [3.05, 3.63) is 50.3 Å². The Morgan fingerprint density at radius 1 is 1.38 bits per heavy atom. The van der Waals surface area contributed by atoms with Crippen molar-refractivity contribution in [1.82, 2.24) is 9.55 Å². The Labute approximate surface area is 139 Å². The van der Waals surface area contributed by atoms with Gasteiger partial charge in [0, 0.05) is 0 Å². The van der Waals surface area contributed by atoms with Gasteiger partial charge in [0.15, 0.2) is 0 Å². The Balaban J connectivity index is 2.14. The number of aromatic carboxylic acids is 1. The molecule has 24 heavy (non-hydrogen) atoms. The van der Waals surface area contributed by atoms with Crippen molar-refractivity contribution < 1.29 is 19.1 Å². The maximum absolute atomic E-state index is 12.8. The molecule has 0 atom stereocenters. The van der Waals surface area contributed by atoms with E-state index in [0.29, 0.717) is 32.2 Å². The minimum atomic E-state index is -1.18. The number of carbonyl (C=O) groups excluding carboxylic acids is 1. The predicted molar refractivity (Wildman–Crippen MR) is 86.6 cm³/mol. The second-order valence-corrected chi connectivity index (χ2v) is 6.22. The lowest BCUT2D eigenvalue weighted by molar-refractivity contribution is 0.0660. The number of hydrogen-bond acceptors (Lipinski definition) is 6. The van der Waals surface area contributed by atoms with Crippen LogP contribution in [0.2, 0.25) is 0 Å². The standard InChI is InChI=1S/C15H13N3O5S/c1-6-10-13(24-11(6)12(16)19)17-7(2)18(14(10)20)5-8-3-4-9(23-8)15(21)22/h3-4H,5H2,1-2H3,(H2,16,19)(H,21,22). The van der Waals surface area contributed by atoms with Crippen LogP contribution in [0.4, 0.5) is 0 Å². The maximum Gasteiger partial charge on any atom is 0.371 e. The first kappa shape index (κ1) is 15.9. The maximum atomic E-state index is 12.8. The van der Waals surface area contributed by atoms with Gasteiger partial charge in [-0.25, -0.2) is 9.78 Å². The molecule has 0 saturated heterocycles. The number of hydrogen-bond donors (Lipinski definition) is 2. The van der Waals surface area contributed by atoms with Crippen LogP contribution in [0.25, 0.3) is 10.2 Å². The molecule has 3 N–H and O–H groups in total. The molecular formula is C15H13N3O5S. The third-order valence-electron chi connectivity index (χ3n) is 3.65. The summed E-state index contributed by atoms with van der Waals surface area (Å²) in [6.45, 7) is 3.35. The lowest BCUT2D eigenvalue weighted by Gasteiger charge is -2.07. The van der Waals surface area contributed by atoms with Gasteiger partial charge in [0.25, 0.3) is 11.5 Å². The number of amides is 1.